The highest BCUT2D eigenvalue weighted by Gasteiger charge is 2.08. The average Bonchev–Trinajstić information content (AvgIpc) is 2.58. The van der Waals surface area contributed by atoms with E-state index in [1.807, 2.05) is 24.3 Å². The fraction of sp³-hybridized carbons (Fsp3) is 0. The molecule has 3 rings (SSSR count). The lowest BCUT2D eigenvalue weighted by atomic mass is 10.0. The van der Waals surface area contributed by atoms with Crippen LogP contribution in [0.15, 0.2) is 36.4 Å². The van der Waals surface area contributed by atoms with Gasteiger partial charge in [0.15, 0.2) is 0 Å². The van der Waals surface area contributed by atoms with Crippen LogP contribution in [0.25, 0.3) is 20.2 Å². The second-order valence-corrected chi connectivity index (χ2v) is 4.63. The van der Waals surface area contributed by atoms with E-state index >= 15 is 0 Å². The van der Waals surface area contributed by atoms with E-state index in [0.29, 0.717) is 0 Å². The molecule has 0 aliphatic carbocycles. The lowest BCUT2D eigenvalue weighted by Gasteiger charge is -1.98. The smallest absolute Gasteiger partial charge is 0.0358 e. The summed E-state index contributed by atoms with van der Waals surface area (Å²) in [4.78, 5) is 0. The molecule has 0 N–H and O–H groups in total. The van der Waals surface area contributed by atoms with Gasteiger partial charge in [0.2, 0.25) is 0 Å². The molecule has 15 heavy (non-hydrogen) atoms. The SMILES string of the molecule is [CH]c1cccc2sc3cccc([CH])c3c12. The van der Waals surface area contributed by atoms with E-state index in [1.165, 1.54) is 9.40 Å². The van der Waals surface area contributed by atoms with Gasteiger partial charge in [-0.3, -0.25) is 0 Å². The molecule has 0 bridgehead atoms. The van der Waals surface area contributed by atoms with Crippen LogP contribution in [0.1, 0.15) is 11.1 Å². The molecule has 0 amide bonds. The van der Waals surface area contributed by atoms with Crippen molar-refractivity contribution in [2.45, 2.75) is 0 Å². The van der Waals surface area contributed by atoms with E-state index in [4.69, 9.17) is 13.8 Å². The predicted molar refractivity (Wildman–Crippen MR) is 66.1 cm³/mol. The quantitative estimate of drug-likeness (QED) is 0.520. The van der Waals surface area contributed by atoms with Crippen LogP contribution in [0.5, 0.6) is 0 Å². The van der Waals surface area contributed by atoms with Crippen LogP contribution in [-0.4, -0.2) is 0 Å². The number of fused-ring (bicyclic) bond motifs is 3. The molecule has 2 aromatic carbocycles. The molecule has 3 aromatic rings. The third-order valence-electron chi connectivity index (χ3n) is 2.59. The second kappa shape index (κ2) is 3.07. The molecule has 0 atom stereocenters. The largest absolute Gasteiger partial charge is 0.135 e. The molecule has 0 spiro atoms. The Kier molecular flexibility index (Phi) is 1.83. The molecule has 0 unspecified atom stereocenters. The minimum Gasteiger partial charge on any atom is -0.135 e. The molecule has 0 fully saturated rings. The molecular formula is C14H8S. The third kappa shape index (κ3) is 1.20. The average molecular weight is 208 g/mol. The molecule has 4 radical (unpaired) electrons. The summed E-state index contributed by atoms with van der Waals surface area (Å²) in [5, 5.41) is 2.19. The van der Waals surface area contributed by atoms with E-state index in [1.54, 1.807) is 11.3 Å². The Bertz CT molecular complexity index is 591. The van der Waals surface area contributed by atoms with Crippen LogP contribution < -0.4 is 0 Å². The van der Waals surface area contributed by atoms with Crippen molar-refractivity contribution in [3.63, 3.8) is 0 Å². The van der Waals surface area contributed by atoms with Gasteiger partial charge in [0, 0.05) is 20.2 Å². The van der Waals surface area contributed by atoms with Crippen LogP contribution in [-0.2, 0) is 0 Å². The monoisotopic (exact) mass is 208 g/mol. The maximum atomic E-state index is 5.99. The van der Waals surface area contributed by atoms with E-state index in [-0.39, 0.29) is 0 Å². The fourth-order valence-corrected chi connectivity index (χ4v) is 3.09. The van der Waals surface area contributed by atoms with Crippen molar-refractivity contribution in [2.75, 3.05) is 0 Å². The Morgan fingerprint density at radius 3 is 1.67 bits per heavy atom. The molecule has 1 heteroatoms. The summed E-state index contributed by atoms with van der Waals surface area (Å²) in [6.07, 6.45) is 0. The van der Waals surface area contributed by atoms with Crippen molar-refractivity contribution in [1.82, 2.24) is 0 Å². The fourth-order valence-electron chi connectivity index (χ4n) is 1.92. The first kappa shape index (κ1) is 8.93. The van der Waals surface area contributed by atoms with Crippen LogP contribution in [0.2, 0.25) is 0 Å². The topological polar surface area (TPSA) is 0 Å². The van der Waals surface area contributed by atoms with Crippen molar-refractivity contribution in [3.05, 3.63) is 61.4 Å². The van der Waals surface area contributed by atoms with Crippen molar-refractivity contribution in [2.24, 2.45) is 0 Å². The zero-order chi connectivity index (χ0) is 10.4. The highest BCUT2D eigenvalue weighted by molar-refractivity contribution is 7.25. The van der Waals surface area contributed by atoms with Gasteiger partial charge >= 0.3 is 0 Å². The number of rotatable bonds is 0. The number of hydrogen-bond acceptors (Lipinski definition) is 1. The Morgan fingerprint density at radius 1 is 0.733 bits per heavy atom. The van der Waals surface area contributed by atoms with Gasteiger partial charge < -0.3 is 0 Å². The van der Waals surface area contributed by atoms with Gasteiger partial charge in [-0.2, -0.15) is 0 Å². The molecule has 0 aliphatic heterocycles. The maximum Gasteiger partial charge on any atom is 0.0358 e. The standard InChI is InChI=1S/C14H8S/c1-9-5-3-7-11-13(9)14-10(2)6-4-8-12(14)15-11/h1-8H. The lowest BCUT2D eigenvalue weighted by Crippen LogP contribution is -1.76. The zero-order valence-corrected chi connectivity index (χ0v) is 8.84. The third-order valence-corrected chi connectivity index (χ3v) is 3.71. The number of thiophene rings is 1. The first-order valence-electron chi connectivity index (χ1n) is 4.72. The normalized spacial score (nSPS) is 11.3. The minimum absolute atomic E-state index is 0.802. The minimum atomic E-state index is 0.802. The van der Waals surface area contributed by atoms with Crippen molar-refractivity contribution in [1.29, 1.82) is 0 Å². The highest BCUT2D eigenvalue weighted by atomic mass is 32.1. The molecule has 0 saturated heterocycles. The van der Waals surface area contributed by atoms with Crippen LogP contribution in [0.4, 0.5) is 0 Å². The summed E-state index contributed by atoms with van der Waals surface area (Å²) >= 11 is 1.73. The first-order valence-corrected chi connectivity index (χ1v) is 5.54. The van der Waals surface area contributed by atoms with E-state index < -0.39 is 0 Å². The molecule has 0 aliphatic rings. The Balaban J connectivity index is 2.67. The Labute approximate surface area is 93.2 Å². The lowest BCUT2D eigenvalue weighted by molar-refractivity contribution is 1.71. The van der Waals surface area contributed by atoms with Gasteiger partial charge in [0.25, 0.3) is 0 Å². The van der Waals surface area contributed by atoms with Crippen molar-refractivity contribution >= 4 is 31.5 Å². The maximum absolute atomic E-state index is 5.99. The predicted octanol–water partition coefficient (Wildman–Crippen LogP) is 4.17. The summed E-state index contributed by atoms with van der Waals surface area (Å²) < 4.78 is 2.39. The molecule has 1 heterocycles. The summed E-state index contributed by atoms with van der Waals surface area (Å²) in [6.45, 7) is 12.0. The van der Waals surface area contributed by atoms with Crippen LogP contribution in [0.3, 0.4) is 0 Å². The van der Waals surface area contributed by atoms with E-state index in [2.05, 4.69) is 12.1 Å². The van der Waals surface area contributed by atoms with Crippen molar-refractivity contribution < 1.29 is 0 Å². The Hall–Kier alpha value is -1.34. The van der Waals surface area contributed by atoms with Gasteiger partial charge in [-0.25, -0.2) is 0 Å². The van der Waals surface area contributed by atoms with E-state index in [0.717, 1.165) is 21.9 Å². The molecular weight excluding hydrogens is 200 g/mol. The molecule has 70 valence electrons. The summed E-state index contributed by atoms with van der Waals surface area (Å²) in [7, 11) is 0. The number of hydrogen-bond donors (Lipinski definition) is 0. The van der Waals surface area contributed by atoms with E-state index in [9.17, 15) is 0 Å². The summed E-state index contributed by atoms with van der Waals surface area (Å²) in [5.41, 5.74) is 1.60. The molecule has 0 nitrogen and oxygen atoms in total. The molecule has 1 aromatic heterocycles. The summed E-state index contributed by atoms with van der Waals surface area (Å²) in [6, 6.07) is 11.9. The van der Waals surface area contributed by atoms with Gasteiger partial charge in [-0.15, -0.1) is 11.3 Å². The van der Waals surface area contributed by atoms with Crippen LogP contribution in [0, 0.1) is 13.8 Å². The number of benzene rings is 2. The van der Waals surface area contributed by atoms with Gasteiger partial charge in [-0.1, -0.05) is 24.3 Å². The van der Waals surface area contributed by atoms with Gasteiger partial charge in [0.05, 0.1) is 0 Å². The van der Waals surface area contributed by atoms with Crippen LogP contribution >= 0.6 is 11.3 Å². The first-order chi connectivity index (χ1) is 7.27. The summed E-state index contributed by atoms with van der Waals surface area (Å²) in [5.74, 6) is 0. The Morgan fingerprint density at radius 2 is 1.20 bits per heavy atom. The molecule has 0 saturated carbocycles. The van der Waals surface area contributed by atoms with Crippen molar-refractivity contribution in [3.8, 4) is 0 Å². The second-order valence-electron chi connectivity index (χ2n) is 3.54. The van der Waals surface area contributed by atoms with Gasteiger partial charge in [-0.05, 0) is 37.1 Å². The van der Waals surface area contributed by atoms with Gasteiger partial charge in [0.1, 0.15) is 0 Å². The highest BCUT2D eigenvalue weighted by Crippen LogP contribution is 2.37. The zero-order valence-electron chi connectivity index (χ0n) is 8.03.